The summed E-state index contributed by atoms with van der Waals surface area (Å²) < 4.78 is 5.92. The lowest BCUT2D eigenvalue weighted by atomic mass is 9.96. The molecule has 0 aromatic heterocycles. The predicted molar refractivity (Wildman–Crippen MR) is 88.8 cm³/mol. The van der Waals surface area contributed by atoms with E-state index in [1.165, 1.54) is 24.0 Å². The third kappa shape index (κ3) is 3.68. The van der Waals surface area contributed by atoms with Crippen molar-refractivity contribution in [2.45, 2.75) is 31.8 Å². The van der Waals surface area contributed by atoms with Crippen LogP contribution in [-0.2, 0) is 6.61 Å². The van der Waals surface area contributed by atoms with E-state index in [-0.39, 0.29) is 0 Å². The molecule has 0 N–H and O–H groups in total. The average Bonchev–Trinajstić information content (AvgIpc) is 3.03. The van der Waals surface area contributed by atoms with E-state index < -0.39 is 0 Å². The number of rotatable bonds is 5. The maximum atomic E-state index is 7.01. The molecule has 22 heavy (non-hydrogen) atoms. The van der Waals surface area contributed by atoms with Crippen LogP contribution in [0.3, 0.4) is 0 Å². The molecule has 0 saturated heterocycles. The Morgan fingerprint density at radius 1 is 1.05 bits per heavy atom. The molecule has 3 rings (SSSR count). The molecular weight excluding hydrogens is 270 g/mol. The Morgan fingerprint density at radius 2 is 1.91 bits per heavy atom. The molecule has 0 bridgehead atoms. The standard InChI is InChI=1S/C20H21NO/c1-21-14-17-10-11-19(12-17)18-8-5-9-20(13-18)22-15-16-6-3-2-4-7-16/h2-9,13,17,19H,10-12,14-15H2. The first-order valence-corrected chi connectivity index (χ1v) is 7.95. The lowest BCUT2D eigenvalue weighted by Gasteiger charge is -2.12. The van der Waals surface area contributed by atoms with Crippen molar-refractivity contribution in [2.24, 2.45) is 5.92 Å². The minimum absolute atomic E-state index is 0.580. The number of nitrogens with zero attached hydrogens (tertiary/aromatic N) is 1. The maximum Gasteiger partial charge on any atom is 0.217 e. The van der Waals surface area contributed by atoms with Crippen LogP contribution in [0.2, 0.25) is 0 Å². The zero-order valence-electron chi connectivity index (χ0n) is 12.7. The zero-order valence-corrected chi connectivity index (χ0v) is 12.7. The molecule has 1 aliphatic carbocycles. The molecule has 2 nitrogen and oxygen atoms in total. The van der Waals surface area contributed by atoms with Crippen molar-refractivity contribution < 1.29 is 4.74 Å². The third-order valence-corrected chi connectivity index (χ3v) is 4.47. The van der Waals surface area contributed by atoms with Crippen LogP contribution in [0.5, 0.6) is 5.75 Å². The second-order valence-corrected chi connectivity index (χ2v) is 6.06. The van der Waals surface area contributed by atoms with Crippen LogP contribution in [0.1, 0.15) is 36.3 Å². The fourth-order valence-electron chi connectivity index (χ4n) is 3.27. The molecule has 1 saturated carbocycles. The van der Waals surface area contributed by atoms with E-state index in [0.717, 1.165) is 12.2 Å². The molecule has 2 heteroatoms. The molecule has 2 atom stereocenters. The van der Waals surface area contributed by atoms with Gasteiger partial charge in [0.2, 0.25) is 6.54 Å². The van der Waals surface area contributed by atoms with Crippen LogP contribution < -0.4 is 4.74 Å². The van der Waals surface area contributed by atoms with Gasteiger partial charge in [0.15, 0.2) is 0 Å². The molecule has 1 fully saturated rings. The smallest absolute Gasteiger partial charge is 0.217 e. The van der Waals surface area contributed by atoms with Crippen LogP contribution in [0.4, 0.5) is 0 Å². The third-order valence-electron chi connectivity index (χ3n) is 4.47. The van der Waals surface area contributed by atoms with E-state index in [2.05, 4.69) is 35.2 Å². The van der Waals surface area contributed by atoms with Gasteiger partial charge in [-0.1, -0.05) is 42.5 Å². The van der Waals surface area contributed by atoms with Gasteiger partial charge in [-0.2, -0.15) is 0 Å². The van der Waals surface area contributed by atoms with Gasteiger partial charge in [-0.25, -0.2) is 6.57 Å². The van der Waals surface area contributed by atoms with E-state index in [1.807, 2.05) is 24.3 Å². The van der Waals surface area contributed by atoms with Gasteiger partial charge in [-0.15, -0.1) is 0 Å². The SMILES string of the molecule is [C-]#[N+]CC1CCC(c2cccc(OCc3ccccc3)c2)C1. The zero-order chi connectivity index (χ0) is 15.2. The molecule has 1 aliphatic rings. The summed E-state index contributed by atoms with van der Waals surface area (Å²) in [6.45, 7) is 8.30. The molecule has 112 valence electrons. The largest absolute Gasteiger partial charge is 0.489 e. The summed E-state index contributed by atoms with van der Waals surface area (Å²) in [7, 11) is 0. The molecule has 0 spiro atoms. The fraction of sp³-hybridized carbons (Fsp3) is 0.350. The summed E-state index contributed by atoms with van der Waals surface area (Å²) in [6, 6.07) is 18.7. The van der Waals surface area contributed by atoms with Gasteiger partial charge in [-0.05, 0) is 48.4 Å². The van der Waals surface area contributed by atoms with Gasteiger partial charge in [0.1, 0.15) is 12.4 Å². The summed E-state index contributed by atoms with van der Waals surface area (Å²) in [6.07, 6.45) is 3.52. The Kier molecular flexibility index (Phi) is 4.75. The van der Waals surface area contributed by atoms with E-state index in [9.17, 15) is 0 Å². The normalized spacial score (nSPS) is 20.5. The molecule has 2 aromatic carbocycles. The Hall–Kier alpha value is -2.27. The van der Waals surface area contributed by atoms with Crippen molar-refractivity contribution in [3.63, 3.8) is 0 Å². The first kappa shape index (κ1) is 14.7. The van der Waals surface area contributed by atoms with Crippen molar-refractivity contribution in [3.05, 3.63) is 77.1 Å². The quantitative estimate of drug-likeness (QED) is 0.701. The van der Waals surface area contributed by atoms with Gasteiger partial charge in [0, 0.05) is 5.92 Å². The molecule has 2 aromatic rings. The topological polar surface area (TPSA) is 13.6 Å². The lowest BCUT2D eigenvalue weighted by molar-refractivity contribution is 0.305. The van der Waals surface area contributed by atoms with E-state index in [4.69, 9.17) is 11.3 Å². The number of hydrogen-bond donors (Lipinski definition) is 0. The average molecular weight is 291 g/mol. The van der Waals surface area contributed by atoms with Crippen molar-refractivity contribution in [1.82, 2.24) is 0 Å². The lowest BCUT2D eigenvalue weighted by Crippen LogP contribution is -1.99. The Morgan fingerprint density at radius 3 is 2.73 bits per heavy atom. The van der Waals surface area contributed by atoms with E-state index in [0.29, 0.717) is 25.0 Å². The predicted octanol–water partition coefficient (Wildman–Crippen LogP) is 5.07. The molecule has 2 unspecified atom stereocenters. The molecular formula is C20H21NO. The van der Waals surface area contributed by atoms with Gasteiger partial charge in [0.25, 0.3) is 0 Å². The number of hydrogen-bond acceptors (Lipinski definition) is 1. The molecule has 0 radical (unpaired) electrons. The van der Waals surface area contributed by atoms with Gasteiger partial charge < -0.3 is 9.58 Å². The minimum Gasteiger partial charge on any atom is -0.489 e. The van der Waals surface area contributed by atoms with Crippen LogP contribution in [-0.4, -0.2) is 6.54 Å². The van der Waals surface area contributed by atoms with E-state index >= 15 is 0 Å². The van der Waals surface area contributed by atoms with Crippen molar-refractivity contribution in [2.75, 3.05) is 6.54 Å². The van der Waals surface area contributed by atoms with Gasteiger partial charge in [0.05, 0.1) is 0 Å². The van der Waals surface area contributed by atoms with Crippen LogP contribution in [0, 0.1) is 12.5 Å². The molecule has 0 amide bonds. The first-order valence-electron chi connectivity index (χ1n) is 7.95. The number of ether oxygens (including phenoxy) is 1. The Balaban J connectivity index is 1.62. The van der Waals surface area contributed by atoms with Crippen LogP contribution in [0.15, 0.2) is 54.6 Å². The highest BCUT2D eigenvalue weighted by molar-refractivity contribution is 5.32. The number of benzene rings is 2. The Labute approximate surface area is 132 Å². The van der Waals surface area contributed by atoms with Crippen LogP contribution in [0.25, 0.3) is 4.85 Å². The van der Waals surface area contributed by atoms with Gasteiger partial charge in [-0.3, -0.25) is 0 Å². The second-order valence-electron chi connectivity index (χ2n) is 6.06. The van der Waals surface area contributed by atoms with Crippen molar-refractivity contribution in [3.8, 4) is 5.75 Å². The minimum atomic E-state index is 0.580. The first-order chi connectivity index (χ1) is 10.8. The summed E-state index contributed by atoms with van der Waals surface area (Å²) in [5.74, 6) is 2.11. The van der Waals surface area contributed by atoms with Crippen LogP contribution >= 0.6 is 0 Å². The second kappa shape index (κ2) is 7.13. The van der Waals surface area contributed by atoms with Crippen molar-refractivity contribution in [1.29, 1.82) is 0 Å². The highest BCUT2D eigenvalue weighted by Crippen LogP contribution is 2.39. The van der Waals surface area contributed by atoms with Crippen molar-refractivity contribution >= 4 is 0 Å². The highest BCUT2D eigenvalue weighted by Gasteiger charge is 2.27. The fourth-order valence-corrected chi connectivity index (χ4v) is 3.27. The highest BCUT2D eigenvalue weighted by atomic mass is 16.5. The molecule has 0 heterocycles. The summed E-state index contributed by atoms with van der Waals surface area (Å²) in [5, 5.41) is 0. The summed E-state index contributed by atoms with van der Waals surface area (Å²) >= 11 is 0. The van der Waals surface area contributed by atoms with Gasteiger partial charge >= 0.3 is 0 Å². The monoisotopic (exact) mass is 291 g/mol. The van der Waals surface area contributed by atoms with E-state index in [1.54, 1.807) is 0 Å². The maximum absolute atomic E-state index is 7.01. The summed E-state index contributed by atoms with van der Waals surface area (Å²) in [5.41, 5.74) is 2.55. The Bertz CT molecular complexity index is 644. The summed E-state index contributed by atoms with van der Waals surface area (Å²) in [4.78, 5) is 3.55. The molecule has 0 aliphatic heterocycles.